The number of likely N-dealkylation sites (N-methyl/N-ethyl adjacent to an activating group) is 1. The molecule has 0 atom stereocenters. The number of hydrogen-bond donors (Lipinski definition) is 0. The number of anilines is 2. The van der Waals surface area contributed by atoms with Crippen molar-refractivity contribution in [1.29, 1.82) is 0 Å². The van der Waals surface area contributed by atoms with Gasteiger partial charge in [0.25, 0.3) is 11.1 Å². The number of aromatic nitrogens is 4. The van der Waals surface area contributed by atoms with Crippen LogP contribution in [0.3, 0.4) is 0 Å². The van der Waals surface area contributed by atoms with Crippen LogP contribution >= 0.6 is 0 Å². The summed E-state index contributed by atoms with van der Waals surface area (Å²) in [7, 11) is -2.68. The minimum absolute atomic E-state index is 0. The van der Waals surface area contributed by atoms with Crippen molar-refractivity contribution in [3.63, 3.8) is 0 Å². The molecule has 0 saturated heterocycles. The second kappa shape index (κ2) is 26.5. The van der Waals surface area contributed by atoms with E-state index in [1.54, 1.807) is 85.8 Å². The first-order chi connectivity index (χ1) is 30.6. The maximum absolute atomic E-state index is 12.8. The fourth-order valence-corrected chi connectivity index (χ4v) is 10.8. The van der Waals surface area contributed by atoms with Crippen LogP contribution in [0.25, 0.3) is 11.4 Å². The van der Waals surface area contributed by atoms with Gasteiger partial charge in [0.15, 0.2) is 0 Å². The zero-order valence-electron chi connectivity index (χ0n) is 40.7. The maximum atomic E-state index is 12.8. The third kappa shape index (κ3) is 15.8. The summed E-state index contributed by atoms with van der Waals surface area (Å²) in [5.74, 6) is 0.0442. The Morgan fingerprint density at radius 3 is 1.31 bits per heavy atom. The number of quaternary nitrogens is 1. The third-order valence-electron chi connectivity index (χ3n) is 13.4. The van der Waals surface area contributed by atoms with Crippen molar-refractivity contribution in [2.24, 2.45) is 31.8 Å². The molecule has 2 fully saturated rings. The van der Waals surface area contributed by atoms with Gasteiger partial charge in [-0.15, -0.1) is 0 Å². The molecule has 2 aliphatic carbocycles. The number of esters is 1. The molecule has 2 aromatic heterocycles. The molecule has 21 heteroatoms. The maximum Gasteiger partial charge on any atom is 2.00 e. The van der Waals surface area contributed by atoms with Crippen LogP contribution in [0.15, 0.2) is 70.3 Å². The predicted molar refractivity (Wildman–Crippen MR) is 258 cm³/mol. The van der Waals surface area contributed by atoms with Gasteiger partial charge < -0.3 is 45.1 Å². The molecule has 2 saturated carbocycles. The summed E-state index contributed by atoms with van der Waals surface area (Å²) in [6.07, 6.45) is 10.2. The largest absolute Gasteiger partial charge is 2.00 e. The number of para-hydroxylation sites is 2. The van der Waals surface area contributed by atoms with Gasteiger partial charge in [-0.2, -0.15) is 0 Å². The molecule has 17 nitrogen and oxygen atoms in total. The van der Waals surface area contributed by atoms with E-state index in [1.807, 2.05) is 12.1 Å². The van der Waals surface area contributed by atoms with Crippen molar-refractivity contribution < 1.29 is 56.9 Å². The topological polar surface area (TPSA) is 201 Å². The van der Waals surface area contributed by atoms with E-state index in [1.165, 1.54) is 84.6 Å². The van der Waals surface area contributed by atoms with Crippen LogP contribution in [0.5, 0.6) is 0 Å². The standard InChI is InChI=1S/C20H38NO2.2C13H17N3O4S.BrH.Mg/c1-4-21(5-2,6-3)15-16-23-20(22)19(17-11-7-8-12-17)18-13-9-10-14-18;2*1-10-12(14(2)9-21(18,19)20)13(17)16(15(10)3)11-7-5-4-6-8-11;;/h17-19H,4-16H2,1-3H3;2*4-8H,9H2,1-3H3,(H,18,19,20);1H;/q+1;;;;+2/p-3. The molecule has 4 aromatic rings. The molecule has 2 aromatic carbocycles. The predicted octanol–water partition coefficient (Wildman–Crippen LogP) is 1.87. The van der Waals surface area contributed by atoms with Gasteiger partial charge in [-0.25, -0.2) is 26.2 Å². The van der Waals surface area contributed by atoms with Gasteiger partial charge in [-0.3, -0.25) is 23.7 Å². The van der Waals surface area contributed by atoms with Crippen molar-refractivity contribution in [3.05, 3.63) is 92.8 Å². The van der Waals surface area contributed by atoms with Crippen LogP contribution in [-0.4, -0.2) is 137 Å². The fraction of sp³-hybridized carbons (Fsp3) is 0.587. The van der Waals surface area contributed by atoms with Crippen LogP contribution in [-0.2, 0) is 43.9 Å². The van der Waals surface area contributed by atoms with Crippen molar-refractivity contribution in [3.8, 4) is 11.4 Å². The summed E-state index contributed by atoms with van der Waals surface area (Å²) in [5.41, 5.74) is 2.14. The molecule has 0 radical (unpaired) electrons. The number of rotatable bonds is 17. The van der Waals surface area contributed by atoms with Gasteiger partial charge in [0, 0.05) is 28.2 Å². The van der Waals surface area contributed by atoms with Gasteiger partial charge >= 0.3 is 29.0 Å². The van der Waals surface area contributed by atoms with E-state index in [-0.39, 0.29) is 74.4 Å². The van der Waals surface area contributed by atoms with Crippen molar-refractivity contribution >= 4 is 60.6 Å². The van der Waals surface area contributed by atoms with E-state index in [0.717, 1.165) is 30.7 Å². The first-order valence-electron chi connectivity index (χ1n) is 22.6. The number of carbonyl (C=O) groups excluding carboxylic acids is 1. The zero-order valence-corrected chi connectivity index (χ0v) is 45.4. The van der Waals surface area contributed by atoms with Crippen molar-refractivity contribution in [1.82, 2.24) is 18.7 Å². The van der Waals surface area contributed by atoms with E-state index in [2.05, 4.69) is 20.8 Å². The molecular formula is C46H70BrMgN7O10S2. The molecule has 67 heavy (non-hydrogen) atoms. The first-order valence-corrected chi connectivity index (χ1v) is 25.7. The minimum Gasteiger partial charge on any atom is -1.00 e. The number of halogens is 1. The minimum atomic E-state index is -4.45. The summed E-state index contributed by atoms with van der Waals surface area (Å²) in [6.45, 7) is 15.1. The monoisotopic (exact) mass is 1050 g/mol. The Balaban J connectivity index is 0.000000340. The van der Waals surface area contributed by atoms with Crippen LogP contribution in [0.2, 0.25) is 0 Å². The Kier molecular flexibility index (Phi) is 23.6. The van der Waals surface area contributed by atoms with Gasteiger partial charge in [0.1, 0.15) is 56.5 Å². The van der Waals surface area contributed by atoms with Crippen LogP contribution in [0.1, 0.15) is 83.5 Å². The Hall–Kier alpha value is -3.44. The summed E-state index contributed by atoms with van der Waals surface area (Å²) in [6, 6.07) is 18.0. The molecule has 0 bridgehead atoms. The third-order valence-corrected chi connectivity index (χ3v) is 14.8. The number of ether oxygens (including phenoxy) is 1. The molecule has 0 aliphatic heterocycles. The summed E-state index contributed by atoms with van der Waals surface area (Å²) < 4.78 is 78.3. The van der Waals surface area contributed by atoms with Crippen LogP contribution in [0.4, 0.5) is 11.4 Å². The van der Waals surface area contributed by atoms with E-state index in [9.17, 15) is 40.3 Å². The van der Waals surface area contributed by atoms with Gasteiger partial charge in [-0.1, -0.05) is 62.1 Å². The molecule has 0 unspecified atom stereocenters. The normalized spacial score (nSPS) is 14.3. The Labute approximate surface area is 424 Å². The first kappa shape index (κ1) is 59.7. The molecular weight excluding hydrogens is 979 g/mol. The van der Waals surface area contributed by atoms with Gasteiger partial charge in [0.05, 0.1) is 48.3 Å². The summed E-state index contributed by atoms with van der Waals surface area (Å²) in [5, 5.41) is 0. The van der Waals surface area contributed by atoms with Crippen molar-refractivity contribution in [2.75, 3.05) is 68.4 Å². The molecule has 0 amide bonds. The molecule has 2 aliphatic rings. The zero-order chi connectivity index (χ0) is 48.3. The van der Waals surface area contributed by atoms with E-state index >= 15 is 0 Å². The molecule has 0 spiro atoms. The van der Waals surface area contributed by atoms with E-state index in [4.69, 9.17) is 4.74 Å². The van der Waals surface area contributed by atoms with Gasteiger partial charge in [0.2, 0.25) is 0 Å². The van der Waals surface area contributed by atoms with Crippen LogP contribution < -0.4 is 37.9 Å². The molecule has 6 rings (SSSR count). The second-order valence-corrected chi connectivity index (χ2v) is 20.1. The molecule has 2 heterocycles. The van der Waals surface area contributed by atoms with Gasteiger partial charge in [-0.05, 0) is 96.4 Å². The summed E-state index contributed by atoms with van der Waals surface area (Å²) in [4.78, 5) is 40.3. The fourth-order valence-electron chi connectivity index (χ4n) is 9.57. The average Bonchev–Trinajstić information content (AvgIpc) is 4.06. The van der Waals surface area contributed by atoms with E-state index in [0.29, 0.717) is 41.2 Å². The quantitative estimate of drug-likeness (QED) is 0.0645. The second-order valence-electron chi connectivity index (χ2n) is 17.4. The van der Waals surface area contributed by atoms with Crippen LogP contribution in [0, 0.1) is 31.6 Å². The Bertz CT molecular complexity index is 2350. The smallest absolute Gasteiger partial charge is 1.00 e. The number of hydrogen-bond acceptors (Lipinski definition) is 12. The molecule has 370 valence electrons. The Morgan fingerprint density at radius 1 is 0.687 bits per heavy atom. The number of benzene rings is 2. The number of nitrogens with zero attached hydrogens (tertiary/aromatic N) is 7. The average molecular weight is 1050 g/mol. The SMILES string of the molecule is CC[N+](CC)(CC)CCOC(=O)C(C1CCCC1)C1CCCC1.Cc1c(N(C)CS(=O)(=O)[O-])c(=O)n(-c2ccccc2)n1C.Cc1c(N(C)CS(=O)(=O)[O-])c(=O)n(-c2ccccc2)n1C.[Br-].[Mg+2]. The van der Waals surface area contributed by atoms with E-state index < -0.39 is 32.0 Å². The summed E-state index contributed by atoms with van der Waals surface area (Å²) >= 11 is 0. The van der Waals surface area contributed by atoms with Crippen molar-refractivity contribution in [2.45, 2.75) is 86.0 Å². The molecule has 0 N–H and O–H groups in total. The Morgan fingerprint density at radius 2 is 1.01 bits per heavy atom. The number of carbonyl (C=O) groups is 1.